The summed E-state index contributed by atoms with van der Waals surface area (Å²) in [5.74, 6) is -0.766. The first-order valence-corrected chi connectivity index (χ1v) is 9.78. The number of hydrogen-bond acceptors (Lipinski definition) is 2. The number of para-hydroxylation sites is 1. The van der Waals surface area contributed by atoms with Crippen LogP contribution in [0.4, 0.5) is 0 Å². The highest BCUT2D eigenvalue weighted by molar-refractivity contribution is 8.00. The largest absolute Gasteiger partial charge is 0.481 e. The van der Waals surface area contributed by atoms with Crippen molar-refractivity contribution in [3.8, 4) is 11.3 Å². The molecule has 1 aromatic heterocycles. The predicted molar refractivity (Wildman–Crippen MR) is 111 cm³/mol. The van der Waals surface area contributed by atoms with Gasteiger partial charge in [0.1, 0.15) is 0 Å². The van der Waals surface area contributed by atoms with E-state index in [4.69, 9.17) is 0 Å². The van der Waals surface area contributed by atoms with E-state index in [0.29, 0.717) is 0 Å². The fourth-order valence-electron chi connectivity index (χ4n) is 3.36. The Bertz CT molecular complexity index is 1070. The Hall–Kier alpha value is -2.98. The second-order valence-electron chi connectivity index (χ2n) is 6.32. The first-order valence-electron chi connectivity index (χ1n) is 8.79. The van der Waals surface area contributed by atoms with Crippen molar-refractivity contribution in [1.29, 1.82) is 0 Å². The molecule has 0 aliphatic rings. The van der Waals surface area contributed by atoms with Crippen molar-refractivity contribution in [2.45, 2.75) is 11.4 Å². The number of nitrogens with zero attached hydrogens (tertiary/aromatic N) is 1. The number of carbonyl (C=O) groups is 1. The third kappa shape index (κ3) is 3.62. The number of aromatic nitrogens is 1. The molecule has 4 aromatic rings. The standard InChI is InChI=1S/C23H19NO2S/c25-21(26)16-27-23-19-13-7-8-14-20(19)24(15-17-9-3-1-4-10-17)22(23)18-11-5-2-6-12-18/h1-14H,15-16H2,(H,25,26). The molecule has 4 rings (SSSR count). The van der Waals surface area contributed by atoms with Gasteiger partial charge in [-0.3, -0.25) is 4.79 Å². The van der Waals surface area contributed by atoms with Crippen molar-refractivity contribution >= 4 is 28.6 Å². The second kappa shape index (κ2) is 7.72. The lowest BCUT2D eigenvalue weighted by molar-refractivity contribution is -0.133. The summed E-state index contributed by atoms with van der Waals surface area (Å²) >= 11 is 1.39. The number of carboxylic acid groups (broad SMARTS) is 1. The van der Waals surface area contributed by atoms with E-state index in [9.17, 15) is 9.90 Å². The van der Waals surface area contributed by atoms with Gasteiger partial charge in [0.15, 0.2) is 0 Å². The number of rotatable bonds is 6. The van der Waals surface area contributed by atoms with Crippen LogP contribution in [0.3, 0.4) is 0 Å². The minimum absolute atomic E-state index is 0.0409. The lowest BCUT2D eigenvalue weighted by Crippen LogP contribution is -2.02. The van der Waals surface area contributed by atoms with Crippen LogP contribution in [-0.4, -0.2) is 21.4 Å². The summed E-state index contributed by atoms with van der Waals surface area (Å²) < 4.78 is 2.30. The van der Waals surface area contributed by atoms with Gasteiger partial charge in [-0.25, -0.2) is 0 Å². The Morgan fingerprint density at radius 2 is 1.48 bits per heavy atom. The molecule has 0 aliphatic carbocycles. The summed E-state index contributed by atoms with van der Waals surface area (Å²) in [6, 6.07) is 28.8. The van der Waals surface area contributed by atoms with E-state index < -0.39 is 5.97 Å². The van der Waals surface area contributed by atoms with Gasteiger partial charge in [0, 0.05) is 22.3 Å². The van der Waals surface area contributed by atoms with Gasteiger partial charge in [0.05, 0.1) is 11.4 Å². The zero-order valence-electron chi connectivity index (χ0n) is 14.7. The Balaban J connectivity index is 1.95. The normalized spacial score (nSPS) is 11.0. The van der Waals surface area contributed by atoms with E-state index >= 15 is 0 Å². The molecule has 1 N–H and O–H groups in total. The fourth-order valence-corrected chi connectivity index (χ4v) is 4.33. The Kier molecular flexibility index (Phi) is 4.99. The van der Waals surface area contributed by atoms with E-state index in [1.807, 2.05) is 48.5 Å². The molecule has 134 valence electrons. The molecule has 1 heterocycles. The average molecular weight is 373 g/mol. The van der Waals surface area contributed by atoms with Crippen molar-refractivity contribution in [3.05, 3.63) is 90.5 Å². The average Bonchev–Trinajstić information content (AvgIpc) is 3.01. The smallest absolute Gasteiger partial charge is 0.313 e. The highest BCUT2D eigenvalue weighted by Gasteiger charge is 2.19. The van der Waals surface area contributed by atoms with Crippen molar-refractivity contribution < 1.29 is 9.90 Å². The van der Waals surface area contributed by atoms with Crippen LogP contribution >= 0.6 is 11.8 Å². The summed E-state index contributed by atoms with van der Waals surface area (Å²) in [5, 5.41) is 10.3. The molecule has 0 spiro atoms. The summed E-state index contributed by atoms with van der Waals surface area (Å²) in [6.45, 7) is 0.735. The Morgan fingerprint density at radius 3 is 2.19 bits per heavy atom. The quantitative estimate of drug-likeness (QED) is 0.452. The number of benzene rings is 3. The van der Waals surface area contributed by atoms with Crippen LogP contribution < -0.4 is 0 Å². The molecule has 0 amide bonds. The zero-order chi connectivity index (χ0) is 18.6. The minimum atomic E-state index is -0.807. The molecule has 0 saturated carbocycles. The Labute approximate surface area is 162 Å². The zero-order valence-corrected chi connectivity index (χ0v) is 15.5. The van der Waals surface area contributed by atoms with Crippen molar-refractivity contribution in [3.63, 3.8) is 0 Å². The summed E-state index contributed by atoms with van der Waals surface area (Å²) in [7, 11) is 0. The van der Waals surface area contributed by atoms with Gasteiger partial charge in [-0.05, 0) is 17.2 Å². The van der Waals surface area contributed by atoms with Crippen molar-refractivity contribution in [2.24, 2.45) is 0 Å². The van der Waals surface area contributed by atoms with Crippen LogP contribution in [0, 0.1) is 0 Å². The molecular formula is C23H19NO2S. The molecule has 0 bridgehead atoms. The van der Waals surface area contributed by atoms with Crippen LogP contribution in [0.1, 0.15) is 5.56 Å². The van der Waals surface area contributed by atoms with E-state index in [-0.39, 0.29) is 5.75 Å². The SMILES string of the molecule is O=C(O)CSc1c(-c2ccccc2)n(Cc2ccccc2)c2ccccc12. The van der Waals surface area contributed by atoms with E-state index in [2.05, 4.69) is 41.0 Å². The summed E-state index contributed by atoms with van der Waals surface area (Å²) in [6.07, 6.45) is 0. The molecule has 27 heavy (non-hydrogen) atoms. The second-order valence-corrected chi connectivity index (χ2v) is 7.30. The van der Waals surface area contributed by atoms with Gasteiger partial charge in [-0.1, -0.05) is 78.9 Å². The number of thioether (sulfide) groups is 1. The number of aliphatic carboxylic acids is 1. The van der Waals surface area contributed by atoms with Gasteiger partial charge >= 0.3 is 5.97 Å². The van der Waals surface area contributed by atoms with Gasteiger partial charge in [-0.2, -0.15) is 0 Å². The number of carboxylic acids is 1. The molecule has 0 saturated heterocycles. The summed E-state index contributed by atoms with van der Waals surface area (Å²) in [4.78, 5) is 12.2. The van der Waals surface area contributed by atoms with Crippen LogP contribution in [0.25, 0.3) is 22.2 Å². The molecule has 0 aliphatic heterocycles. The maximum absolute atomic E-state index is 11.2. The monoisotopic (exact) mass is 373 g/mol. The van der Waals surface area contributed by atoms with Gasteiger partial charge in [0.2, 0.25) is 0 Å². The van der Waals surface area contributed by atoms with Crippen molar-refractivity contribution in [1.82, 2.24) is 4.57 Å². The van der Waals surface area contributed by atoms with Crippen molar-refractivity contribution in [2.75, 3.05) is 5.75 Å². The predicted octanol–water partition coefficient (Wildman–Crippen LogP) is 5.53. The lowest BCUT2D eigenvalue weighted by atomic mass is 10.1. The third-order valence-corrected chi connectivity index (χ3v) is 5.59. The third-order valence-electron chi connectivity index (χ3n) is 4.50. The molecule has 0 fully saturated rings. The van der Waals surface area contributed by atoms with Crippen LogP contribution in [0.2, 0.25) is 0 Å². The topological polar surface area (TPSA) is 42.2 Å². The molecule has 4 heteroatoms. The van der Waals surface area contributed by atoms with E-state index in [0.717, 1.165) is 33.6 Å². The van der Waals surface area contributed by atoms with Gasteiger partial charge < -0.3 is 9.67 Å². The van der Waals surface area contributed by atoms with Crippen LogP contribution in [0.5, 0.6) is 0 Å². The molecular weight excluding hydrogens is 354 g/mol. The minimum Gasteiger partial charge on any atom is -0.481 e. The molecule has 0 unspecified atom stereocenters. The molecule has 0 atom stereocenters. The lowest BCUT2D eigenvalue weighted by Gasteiger charge is -2.13. The molecule has 0 radical (unpaired) electrons. The van der Waals surface area contributed by atoms with Gasteiger partial charge in [0.25, 0.3) is 0 Å². The Morgan fingerprint density at radius 1 is 0.852 bits per heavy atom. The summed E-state index contributed by atoms with van der Waals surface area (Å²) in [5.41, 5.74) is 4.50. The van der Waals surface area contributed by atoms with Crippen LogP contribution in [0.15, 0.2) is 89.8 Å². The number of hydrogen-bond donors (Lipinski definition) is 1. The highest BCUT2D eigenvalue weighted by Crippen LogP contribution is 2.40. The maximum atomic E-state index is 11.2. The molecule has 3 nitrogen and oxygen atoms in total. The van der Waals surface area contributed by atoms with Gasteiger partial charge in [-0.15, -0.1) is 11.8 Å². The molecule has 3 aromatic carbocycles. The highest BCUT2D eigenvalue weighted by atomic mass is 32.2. The van der Waals surface area contributed by atoms with E-state index in [1.54, 1.807) is 0 Å². The maximum Gasteiger partial charge on any atom is 0.313 e. The number of fused-ring (bicyclic) bond motifs is 1. The van der Waals surface area contributed by atoms with E-state index in [1.165, 1.54) is 17.3 Å². The fraction of sp³-hybridized carbons (Fsp3) is 0.0870. The first-order chi connectivity index (χ1) is 13.2. The van der Waals surface area contributed by atoms with Crippen LogP contribution in [-0.2, 0) is 11.3 Å². The first kappa shape index (κ1) is 17.4.